The molecule has 5 nitrogen and oxygen atoms in total. The van der Waals surface area contributed by atoms with E-state index in [0.717, 1.165) is 13.1 Å². The second kappa shape index (κ2) is 5.32. The van der Waals surface area contributed by atoms with Crippen molar-refractivity contribution < 1.29 is 9.47 Å². The van der Waals surface area contributed by atoms with Crippen LogP contribution < -0.4 is 9.64 Å². The van der Waals surface area contributed by atoms with Gasteiger partial charge >= 0.3 is 0 Å². The molecule has 1 fully saturated rings. The molecule has 2 rings (SSSR count). The van der Waals surface area contributed by atoms with E-state index in [4.69, 9.17) is 21.1 Å². The Morgan fingerprint density at radius 2 is 2.56 bits per heavy atom. The first-order valence-electron chi connectivity index (χ1n) is 5.13. The summed E-state index contributed by atoms with van der Waals surface area (Å²) in [6, 6.07) is 1.73. The van der Waals surface area contributed by atoms with Gasteiger partial charge < -0.3 is 14.4 Å². The molecule has 1 atom stereocenters. The number of ether oxygens (including phenoxy) is 2. The second-order valence-corrected chi connectivity index (χ2v) is 3.80. The molecule has 0 aromatic carbocycles. The maximum Gasteiger partial charge on any atom is 0.228 e. The minimum absolute atomic E-state index is 0.0465. The normalized spacial score (nSPS) is 20.9. The quantitative estimate of drug-likeness (QED) is 0.740. The Morgan fingerprint density at radius 3 is 3.31 bits per heavy atom. The third kappa shape index (κ3) is 2.54. The Kier molecular flexibility index (Phi) is 3.79. The average Bonchev–Trinajstić information content (AvgIpc) is 2.39. The van der Waals surface area contributed by atoms with Crippen LogP contribution >= 0.6 is 11.6 Å². The molecule has 1 aromatic rings. The summed E-state index contributed by atoms with van der Waals surface area (Å²) in [6.45, 7) is 2.15. The van der Waals surface area contributed by atoms with E-state index in [1.54, 1.807) is 19.4 Å². The van der Waals surface area contributed by atoms with Crippen molar-refractivity contribution in [3.8, 4) is 5.88 Å². The zero-order valence-corrected chi connectivity index (χ0v) is 9.85. The van der Waals surface area contributed by atoms with Crippen molar-refractivity contribution in [3.63, 3.8) is 0 Å². The largest absolute Gasteiger partial charge is 0.481 e. The molecule has 0 saturated carbocycles. The predicted molar refractivity (Wildman–Crippen MR) is 61.3 cm³/mol. The highest BCUT2D eigenvalue weighted by Crippen LogP contribution is 2.16. The summed E-state index contributed by atoms with van der Waals surface area (Å²) in [7, 11) is 1.59. The lowest BCUT2D eigenvalue weighted by molar-refractivity contribution is 0.0548. The summed E-state index contributed by atoms with van der Waals surface area (Å²) in [4.78, 5) is 10.5. The van der Waals surface area contributed by atoms with E-state index in [0.29, 0.717) is 24.3 Å². The number of morpholine rings is 1. The smallest absolute Gasteiger partial charge is 0.228 e. The monoisotopic (exact) mass is 243 g/mol. The van der Waals surface area contributed by atoms with Gasteiger partial charge in [-0.1, -0.05) is 0 Å². The van der Waals surface area contributed by atoms with Crippen LogP contribution in [0.25, 0.3) is 0 Å². The molecular formula is C10H14ClN3O2. The Labute approximate surface area is 99.3 Å². The Bertz CT molecular complexity index is 351. The summed E-state index contributed by atoms with van der Waals surface area (Å²) < 4.78 is 10.5. The Morgan fingerprint density at radius 1 is 1.69 bits per heavy atom. The highest BCUT2D eigenvalue weighted by atomic mass is 35.5. The summed E-state index contributed by atoms with van der Waals surface area (Å²) >= 11 is 5.77. The van der Waals surface area contributed by atoms with Crippen LogP contribution in [0.5, 0.6) is 5.88 Å². The van der Waals surface area contributed by atoms with E-state index in [9.17, 15) is 0 Å². The topological polar surface area (TPSA) is 47.5 Å². The van der Waals surface area contributed by atoms with Crippen molar-refractivity contribution in [3.05, 3.63) is 12.3 Å². The lowest BCUT2D eigenvalue weighted by Crippen LogP contribution is -2.44. The van der Waals surface area contributed by atoms with Crippen LogP contribution in [0.2, 0.25) is 0 Å². The molecule has 0 N–H and O–H groups in total. The van der Waals surface area contributed by atoms with Crippen LogP contribution in [-0.4, -0.2) is 48.8 Å². The molecule has 88 valence electrons. The summed E-state index contributed by atoms with van der Waals surface area (Å²) in [5, 5.41) is 0. The predicted octanol–water partition coefficient (Wildman–Crippen LogP) is 0.929. The van der Waals surface area contributed by atoms with Gasteiger partial charge in [0.1, 0.15) is 0 Å². The van der Waals surface area contributed by atoms with Gasteiger partial charge in [-0.3, -0.25) is 0 Å². The first kappa shape index (κ1) is 11.4. The molecule has 0 amide bonds. The van der Waals surface area contributed by atoms with Crippen LogP contribution in [-0.2, 0) is 4.74 Å². The highest BCUT2D eigenvalue weighted by Gasteiger charge is 2.21. The van der Waals surface area contributed by atoms with Gasteiger partial charge in [0.25, 0.3) is 0 Å². The number of anilines is 1. The van der Waals surface area contributed by atoms with Crippen LogP contribution in [0.4, 0.5) is 5.95 Å². The van der Waals surface area contributed by atoms with Crippen LogP contribution in [0.1, 0.15) is 0 Å². The third-order valence-electron chi connectivity index (χ3n) is 2.42. The van der Waals surface area contributed by atoms with Crippen LogP contribution in [0.3, 0.4) is 0 Å². The van der Waals surface area contributed by atoms with Gasteiger partial charge in [0.05, 0.1) is 25.7 Å². The standard InChI is InChI=1S/C10H14ClN3O2/c1-15-9-2-3-12-10(13-9)14-4-5-16-8(6-11)7-14/h2-3,8H,4-7H2,1H3. The van der Waals surface area contributed by atoms with Gasteiger partial charge in [0.2, 0.25) is 11.8 Å². The summed E-state index contributed by atoms with van der Waals surface area (Å²) in [5.41, 5.74) is 0. The van der Waals surface area contributed by atoms with E-state index < -0.39 is 0 Å². The number of hydrogen-bond acceptors (Lipinski definition) is 5. The van der Waals surface area contributed by atoms with Crippen molar-refractivity contribution in [2.75, 3.05) is 37.6 Å². The van der Waals surface area contributed by atoms with Crippen molar-refractivity contribution in [2.24, 2.45) is 0 Å². The van der Waals surface area contributed by atoms with Gasteiger partial charge in [0, 0.05) is 25.4 Å². The SMILES string of the molecule is COc1ccnc(N2CCOC(CCl)C2)n1. The molecule has 1 aliphatic heterocycles. The zero-order valence-electron chi connectivity index (χ0n) is 9.10. The molecule has 0 radical (unpaired) electrons. The lowest BCUT2D eigenvalue weighted by atomic mass is 10.3. The Balaban J connectivity index is 2.10. The fourth-order valence-corrected chi connectivity index (χ4v) is 1.78. The van der Waals surface area contributed by atoms with Crippen LogP contribution in [0.15, 0.2) is 12.3 Å². The van der Waals surface area contributed by atoms with E-state index in [1.165, 1.54) is 0 Å². The highest BCUT2D eigenvalue weighted by molar-refractivity contribution is 6.18. The third-order valence-corrected chi connectivity index (χ3v) is 2.76. The molecular weight excluding hydrogens is 230 g/mol. The maximum atomic E-state index is 5.77. The first-order valence-corrected chi connectivity index (χ1v) is 5.66. The molecule has 0 spiro atoms. The maximum absolute atomic E-state index is 5.77. The van der Waals surface area contributed by atoms with E-state index in [2.05, 4.69) is 14.9 Å². The zero-order chi connectivity index (χ0) is 11.4. The molecule has 0 bridgehead atoms. The molecule has 0 aliphatic carbocycles. The number of hydrogen-bond donors (Lipinski definition) is 0. The van der Waals surface area contributed by atoms with E-state index in [-0.39, 0.29) is 6.10 Å². The van der Waals surface area contributed by atoms with Gasteiger partial charge in [-0.05, 0) is 0 Å². The fraction of sp³-hybridized carbons (Fsp3) is 0.600. The molecule has 1 aromatic heterocycles. The lowest BCUT2D eigenvalue weighted by Gasteiger charge is -2.31. The molecule has 1 aliphatic rings. The number of nitrogens with zero attached hydrogens (tertiary/aromatic N) is 3. The van der Waals surface area contributed by atoms with Crippen molar-refractivity contribution in [1.29, 1.82) is 0 Å². The van der Waals surface area contributed by atoms with Crippen molar-refractivity contribution in [1.82, 2.24) is 9.97 Å². The minimum atomic E-state index is 0.0465. The van der Waals surface area contributed by atoms with Crippen molar-refractivity contribution >= 4 is 17.5 Å². The van der Waals surface area contributed by atoms with Crippen molar-refractivity contribution in [2.45, 2.75) is 6.10 Å². The number of rotatable bonds is 3. The number of aromatic nitrogens is 2. The molecule has 16 heavy (non-hydrogen) atoms. The average molecular weight is 244 g/mol. The number of halogens is 1. The van der Waals surface area contributed by atoms with Crippen LogP contribution in [0, 0.1) is 0 Å². The molecule has 1 unspecified atom stereocenters. The van der Waals surface area contributed by atoms with E-state index in [1.807, 2.05) is 0 Å². The summed E-state index contributed by atoms with van der Waals surface area (Å²) in [5.74, 6) is 1.72. The minimum Gasteiger partial charge on any atom is -0.481 e. The second-order valence-electron chi connectivity index (χ2n) is 3.49. The van der Waals surface area contributed by atoms with Gasteiger partial charge in [0.15, 0.2) is 0 Å². The fourth-order valence-electron chi connectivity index (χ4n) is 1.59. The van der Waals surface area contributed by atoms with Gasteiger partial charge in [-0.2, -0.15) is 4.98 Å². The van der Waals surface area contributed by atoms with Gasteiger partial charge in [-0.15, -0.1) is 11.6 Å². The molecule has 1 saturated heterocycles. The first-order chi connectivity index (χ1) is 7.83. The number of methoxy groups -OCH3 is 1. The van der Waals surface area contributed by atoms with E-state index >= 15 is 0 Å². The Hall–Kier alpha value is -1.07. The number of alkyl halides is 1. The molecule has 6 heteroatoms. The molecule has 2 heterocycles. The summed E-state index contributed by atoms with van der Waals surface area (Å²) in [6.07, 6.45) is 1.73. The van der Waals surface area contributed by atoms with Gasteiger partial charge in [-0.25, -0.2) is 4.98 Å².